The molecule has 6 heteroatoms. The minimum atomic E-state index is -3.67. The minimum Gasteiger partial charge on any atom is -0.497 e. The Bertz CT molecular complexity index is 890. The van der Waals surface area contributed by atoms with Gasteiger partial charge in [0.05, 0.1) is 13.4 Å². The Morgan fingerprint density at radius 3 is 2.50 bits per heavy atom. The molecule has 1 heterocycles. The van der Waals surface area contributed by atoms with E-state index < -0.39 is 10.1 Å². The first-order valence-corrected chi connectivity index (χ1v) is 11.4. The van der Waals surface area contributed by atoms with Crippen molar-refractivity contribution in [3.8, 4) is 5.75 Å². The van der Waals surface area contributed by atoms with Gasteiger partial charge >= 0.3 is 0 Å². The van der Waals surface area contributed by atoms with Gasteiger partial charge in [-0.2, -0.15) is 8.42 Å². The summed E-state index contributed by atoms with van der Waals surface area (Å²) >= 11 is 0. The van der Waals surface area contributed by atoms with Crippen LogP contribution in [0.3, 0.4) is 0 Å². The van der Waals surface area contributed by atoms with E-state index in [2.05, 4.69) is 60.5 Å². The Kier molecular flexibility index (Phi) is 6.43. The molecule has 2 aromatic carbocycles. The Morgan fingerprint density at radius 2 is 1.86 bits per heavy atom. The predicted molar refractivity (Wildman–Crippen MR) is 112 cm³/mol. The van der Waals surface area contributed by atoms with Crippen molar-refractivity contribution in [3.05, 3.63) is 65.2 Å². The smallest absolute Gasteiger partial charge is 0.261 e. The van der Waals surface area contributed by atoms with E-state index >= 15 is 0 Å². The molecule has 1 saturated heterocycles. The number of methoxy groups -OCH3 is 1. The van der Waals surface area contributed by atoms with Gasteiger partial charge in [-0.15, -0.1) is 0 Å². The molecular formula is C22H29NO4S. The molecule has 0 aromatic heterocycles. The lowest BCUT2D eigenvalue weighted by molar-refractivity contribution is 0.259. The van der Waals surface area contributed by atoms with Crippen molar-refractivity contribution in [1.29, 1.82) is 0 Å². The van der Waals surface area contributed by atoms with Crippen molar-refractivity contribution in [2.45, 2.75) is 31.2 Å². The SMILES string of the molecule is COc1ccc2c(c1)CCC1C2CN(C)C1Cc1ccccc1.CS(=O)(=O)O. The number of ether oxygens (including phenoxy) is 1. The molecular weight excluding hydrogens is 374 g/mol. The predicted octanol–water partition coefficient (Wildman–Crippen LogP) is 3.40. The molecule has 1 aliphatic heterocycles. The van der Waals surface area contributed by atoms with Crippen LogP contribution in [0.5, 0.6) is 5.75 Å². The highest BCUT2D eigenvalue weighted by Crippen LogP contribution is 2.45. The molecule has 28 heavy (non-hydrogen) atoms. The molecule has 0 radical (unpaired) electrons. The number of hydrogen-bond acceptors (Lipinski definition) is 4. The summed E-state index contributed by atoms with van der Waals surface area (Å²) in [7, 11) is 0.391. The molecule has 0 amide bonds. The molecule has 5 nitrogen and oxygen atoms in total. The highest BCUT2D eigenvalue weighted by molar-refractivity contribution is 7.85. The molecule has 1 N–H and O–H groups in total. The molecule has 0 saturated carbocycles. The zero-order valence-corrected chi connectivity index (χ0v) is 17.5. The Labute approximate surface area is 168 Å². The third-order valence-electron chi connectivity index (χ3n) is 5.85. The lowest BCUT2D eigenvalue weighted by Crippen LogP contribution is -2.32. The van der Waals surface area contributed by atoms with Gasteiger partial charge < -0.3 is 9.64 Å². The fourth-order valence-electron chi connectivity index (χ4n) is 4.67. The zero-order valence-electron chi connectivity index (χ0n) is 16.7. The number of likely N-dealkylation sites (tertiary alicyclic amines) is 1. The van der Waals surface area contributed by atoms with Crippen molar-refractivity contribution in [2.75, 3.05) is 27.0 Å². The van der Waals surface area contributed by atoms with Crippen LogP contribution >= 0.6 is 0 Å². The summed E-state index contributed by atoms with van der Waals surface area (Å²) in [5, 5.41) is 0. The van der Waals surface area contributed by atoms with Crippen LogP contribution in [0, 0.1) is 5.92 Å². The first-order valence-electron chi connectivity index (χ1n) is 9.59. The fraction of sp³-hybridized carbons (Fsp3) is 0.455. The molecule has 3 atom stereocenters. The lowest BCUT2D eigenvalue weighted by atomic mass is 9.73. The van der Waals surface area contributed by atoms with Crippen LogP contribution in [-0.2, 0) is 23.0 Å². The van der Waals surface area contributed by atoms with Crippen molar-refractivity contribution >= 4 is 10.1 Å². The third kappa shape index (κ3) is 5.13. The third-order valence-corrected chi connectivity index (χ3v) is 5.85. The Hall–Kier alpha value is -1.89. The van der Waals surface area contributed by atoms with Gasteiger partial charge in [0.1, 0.15) is 5.75 Å². The molecule has 1 fully saturated rings. The van der Waals surface area contributed by atoms with Gasteiger partial charge in [0.15, 0.2) is 0 Å². The highest BCUT2D eigenvalue weighted by atomic mass is 32.2. The van der Waals surface area contributed by atoms with Crippen LogP contribution in [-0.4, -0.2) is 50.9 Å². The molecule has 1 aliphatic carbocycles. The average molecular weight is 404 g/mol. The molecule has 0 spiro atoms. The van der Waals surface area contributed by atoms with Gasteiger partial charge in [0.25, 0.3) is 10.1 Å². The van der Waals surface area contributed by atoms with E-state index in [1.165, 1.54) is 36.9 Å². The van der Waals surface area contributed by atoms with E-state index in [1.54, 1.807) is 12.7 Å². The van der Waals surface area contributed by atoms with Crippen molar-refractivity contribution in [2.24, 2.45) is 5.92 Å². The monoisotopic (exact) mass is 403 g/mol. The summed E-state index contributed by atoms with van der Waals surface area (Å²) in [5.41, 5.74) is 4.52. The average Bonchev–Trinajstić information content (AvgIpc) is 2.96. The zero-order chi connectivity index (χ0) is 20.3. The fourth-order valence-corrected chi connectivity index (χ4v) is 4.67. The normalized spacial score (nSPS) is 23.9. The second-order valence-electron chi connectivity index (χ2n) is 7.80. The molecule has 2 aromatic rings. The number of aryl methyl sites for hydroxylation is 1. The van der Waals surface area contributed by atoms with Crippen molar-refractivity contribution < 1.29 is 17.7 Å². The van der Waals surface area contributed by atoms with E-state index in [-0.39, 0.29) is 0 Å². The number of fused-ring (bicyclic) bond motifs is 3. The first kappa shape index (κ1) is 20.8. The number of rotatable bonds is 3. The summed E-state index contributed by atoms with van der Waals surface area (Å²) in [4.78, 5) is 2.58. The van der Waals surface area contributed by atoms with Gasteiger partial charge in [0.2, 0.25) is 0 Å². The van der Waals surface area contributed by atoms with Gasteiger partial charge in [0, 0.05) is 18.5 Å². The maximum absolute atomic E-state index is 9.19. The maximum atomic E-state index is 9.19. The van der Waals surface area contributed by atoms with E-state index in [0.717, 1.165) is 11.7 Å². The van der Waals surface area contributed by atoms with Gasteiger partial charge in [-0.1, -0.05) is 36.4 Å². The number of benzene rings is 2. The Balaban J connectivity index is 0.000000403. The van der Waals surface area contributed by atoms with Gasteiger partial charge in [-0.25, -0.2) is 0 Å². The minimum absolute atomic E-state index is 0.664. The Morgan fingerprint density at radius 1 is 1.18 bits per heavy atom. The van der Waals surface area contributed by atoms with Crippen LogP contribution in [0.2, 0.25) is 0 Å². The molecule has 0 bridgehead atoms. The number of nitrogens with zero attached hydrogens (tertiary/aromatic N) is 1. The lowest BCUT2D eigenvalue weighted by Gasteiger charge is -2.31. The second-order valence-corrected chi connectivity index (χ2v) is 9.27. The largest absolute Gasteiger partial charge is 0.497 e. The summed E-state index contributed by atoms with van der Waals surface area (Å²) in [5.74, 6) is 2.46. The topological polar surface area (TPSA) is 66.8 Å². The van der Waals surface area contributed by atoms with E-state index in [4.69, 9.17) is 9.29 Å². The van der Waals surface area contributed by atoms with Crippen LogP contribution < -0.4 is 4.74 Å². The summed E-state index contributed by atoms with van der Waals surface area (Å²) in [6.07, 6.45) is 4.37. The van der Waals surface area contributed by atoms with E-state index in [9.17, 15) is 8.42 Å². The van der Waals surface area contributed by atoms with Crippen LogP contribution in [0.4, 0.5) is 0 Å². The maximum Gasteiger partial charge on any atom is 0.261 e. The van der Waals surface area contributed by atoms with Crippen molar-refractivity contribution in [3.63, 3.8) is 0 Å². The molecule has 152 valence electrons. The van der Waals surface area contributed by atoms with E-state index in [0.29, 0.717) is 18.2 Å². The van der Waals surface area contributed by atoms with Gasteiger partial charge in [-0.3, -0.25) is 4.55 Å². The molecule has 4 rings (SSSR count). The number of hydrogen-bond donors (Lipinski definition) is 1. The number of likely N-dealkylation sites (N-methyl/N-ethyl adjacent to an activating group) is 1. The summed E-state index contributed by atoms with van der Waals surface area (Å²) in [6.45, 7) is 1.18. The quantitative estimate of drug-likeness (QED) is 0.796. The van der Waals surface area contributed by atoms with Crippen LogP contribution in [0.25, 0.3) is 0 Å². The highest BCUT2D eigenvalue weighted by Gasteiger charge is 2.42. The molecule has 3 unspecified atom stereocenters. The van der Waals surface area contributed by atoms with E-state index in [1.807, 2.05) is 0 Å². The van der Waals surface area contributed by atoms with Gasteiger partial charge in [-0.05, 0) is 61.1 Å². The standard InChI is InChI=1S/C21H25NO.CH4O3S/c1-22-14-20-18-11-9-17(23-2)13-16(18)8-10-19(20)21(22)12-15-6-4-3-5-7-15;1-5(2,3)4/h3-7,9,11,13,19-21H,8,10,12,14H2,1-2H3;1H3,(H,2,3,4). The molecule has 2 aliphatic rings. The summed E-state index contributed by atoms with van der Waals surface area (Å²) in [6, 6.07) is 18.3. The van der Waals surface area contributed by atoms with Crippen molar-refractivity contribution in [1.82, 2.24) is 4.90 Å². The van der Waals surface area contributed by atoms with Crippen LogP contribution in [0.1, 0.15) is 29.0 Å². The van der Waals surface area contributed by atoms with Crippen LogP contribution in [0.15, 0.2) is 48.5 Å². The first-order chi connectivity index (χ1) is 13.3. The summed E-state index contributed by atoms with van der Waals surface area (Å²) < 4.78 is 31.3. The second kappa shape index (κ2) is 8.64.